The minimum absolute atomic E-state index is 0.0494. The molecule has 4 rings (SSSR count). The van der Waals surface area contributed by atoms with Crippen molar-refractivity contribution in [3.05, 3.63) is 24.2 Å². The average Bonchev–Trinajstić information content (AvgIpc) is 3.51. The van der Waals surface area contributed by atoms with Crippen LogP contribution in [0.25, 0.3) is 11.3 Å². The molecule has 39 heavy (non-hydrogen) atoms. The first-order valence-electron chi connectivity index (χ1n) is 13.0. The molecule has 2 fully saturated rings. The van der Waals surface area contributed by atoms with Crippen molar-refractivity contribution in [2.45, 2.75) is 70.1 Å². The Kier molecular flexibility index (Phi) is 8.83. The van der Waals surface area contributed by atoms with Crippen molar-refractivity contribution < 1.29 is 31.1 Å². The quantitative estimate of drug-likeness (QED) is 0.414. The van der Waals surface area contributed by atoms with Gasteiger partial charge in [-0.3, -0.25) is 4.68 Å². The van der Waals surface area contributed by atoms with Crippen LogP contribution in [0.4, 0.5) is 23.5 Å². The standard InChI is InChI=1S/C24H35F4N7O3S/c1-23(2,36)16-34-14-17(12-30-34)21-18(24(26,27)28)13-29-22(32-21)31-20-6-10-35(15-19(20)25)39(37,38)11-5-9-33-7-3-4-8-33/h12-14,19-20,36H,3-11,15-16H2,1-2H3,(H,29,31,32)/t19-,20+/m1/s1. The second-order valence-corrected chi connectivity index (χ2v) is 12.9. The van der Waals surface area contributed by atoms with Crippen LogP contribution in [0, 0.1) is 0 Å². The van der Waals surface area contributed by atoms with Gasteiger partial charge in [0.2, 0.25) is 16.0 Å². The van der Waals surface area contributed by atoms with Crippen LogP contribution in [0.1, 0.15) is 45.1 Å². The lowest BCUT2D eigenvalue weighted by atomic mass is 10.1. The zero-order chi connectivity index (χ0) is 28.4. The van der Waals surface area contributed by atoms with E-state index in [0.29, 0.717) is 19.2 Å². The number of alkyl halides is 4. The molecule has 2 aromatic rings. The van der Waals surface area contributed by atoms with Gasteiger partial charge in [0, 0.05) is 31.0 Å². The topological polar surface area (TPSA) is 116 Å². The number of hydrogen-bond donors (Lipinski definition) is 2. The van der Waals surface area contributed by atoms with Gasteiger partial charge < -0.3 is 15.3 Å². The molecule has 10 nitrogen and oxygen atoms in total. The van der Waals surface area contributed by atoms with Gasteiger partial charge in [0.15, 0.2) is 0 Å². The molecule has 0 bridgehead atoms. The number of nitrogens with zero attached hydrogens (tertiary/aromatic N) is 6. The van der Waals surface area contributed by atoms with E-state index in [1.54, 1.807) is 13.8 Å². The molecule has 2 aliphatic heterocycles. The predicted molar refractivity (Wildman–Crippen MR) is 137 cm³/mol. The second kappa shape index (κ2) is 11.6. The molecule has 0 saturated carbocycles. The fourth-order valence-corrected chi connectivity index (χ4v) is 6.42. The minimum Gasteiger partial charge on any atom is -0.389 e. The molecular weight excluding hydrogens is 542 g/mol. The summed E-state index contributed by atoms with van der Waals surface area (Å²) < 4.78 is 84.2. The molecule has 0 amide bonds. The summed E-state index contributed by atoms with van der Waals surface area (Å²) in [6.07, 6.45) is -0.353. The van der Waals surface area contributed by atoms with Crippen LogP contribution >= 0.6 is 0 Å². The summed E-state index contributed by atoms with van der Waals surface area (Å²) in [5, 5.41) is 16.8. The maximum Gasteiger partial charge on any atom is 0.419 e. The van der Waals surface area contributed by atoms with Crippen LogP contribution < -0.4 is 5.32 Å². The zero-order valence-corrected chi connectivity index (χ0v) is 22.8. The monoisotopic (exact) mass is 577 g/mol. The van der Waals surface area contributed by atoms with Crippen molar-refractivity contribution >= 4 is 16.0 Å². The van der Waals surface area contributed by atoms with Crippen molar-refractivity contribution in [2.75, 3.05) is 43.8 Å². The number of halogens is 4. The fourth-order valence-electron chi connectivity index (χ4n) is 4.91. The third kappa shape index (κ3) is 7.86. The molecular formula is C24H35F4N7O3S. The highest BCUT2D eigenvalue weighted by molar-refractivity contribution is 7.89. The van der Waals surface area contributed by atoms with Crippen LogP contribution in [0.2, 0.25) is 0 Å². The largest absolute Gasteiger partial charge is 0.419 e. The highest BCUT2D eigenvalue weighted by Gasteiger charge is 2.38. The zero-order valence-electron chi connectivity index (χ0n) is 22.0. The van der Waals surface area contributed by atoms with Gasteiger partial charge in [-0.15, -0.1) is 0 Å². The third-order valence-corrected chi connectivity index (χ3v) is 8.76. The maximum absolute atomic E-state index is 15.1. The number of aliphatic hydroxyl groups is 1. The van der Waals surface area contributed by atoms with E-state index < -0.39 is 45.3 Å². The Labute approximate surface area is 225 Å². The van der Waals surface area contributed by atoms with Crippen molar-refractivity contribution in [1.29, 1.82) is 0 Å². The molecule has 218 valence electrons. The molecule has 2 atom stereocenters. The summed E-state index contributed by atoms with van der Waals surface area (Å²) in [6, 6.07) is -0.872. The van der Waals surface area contributed by atoms with Crippen LogP contribution in [-0.2, 0) is 22.7 Å². The number of aromatic nitrogens is 4. The minimum atomic E-state index is -4.75. The van der Waals surface area contributed by atoms with Gasteiger partial charge in [0.25, 0.3) is 0 Å². The SMILES string of the molecule is CC(C)(O)Cn1cc(-c2nc(N[C@H]3CCN(S(=O)(=O)CCCN4CCCC4)C[C@H]3F)ncc2C(F)(F)F)cn1. The number of piperidine rings is 1. The van der Waals surface area contributed by atoms with Crippen LogP contribution in [0.3, 0.4) is 0 Å². The Balaban J connectivity index is 1.42. The van der Waals surface area contributed by atoms with Crippen molar-refractivity contribution in [3.8, 4) is 11.3 Å². The summed E-state index contributed by atoms with van der Waals surface area (Å²) in [7, 11) is -3.62. The molecule has 15 heteroatoms. The van der Waals surface area contributed by atoms with E-state index in [1.807, 2.05) is 0 Å². The normalized spacial score (nSPS) is 21.9. The first-order chi connectivity index (χ1) is 18.2. The van der Waals surface area contributed by atoms with Crippen molar-refractivity contribution in [1.82, 2.24) is 29.0 Å². The molecule has 2 N–H and O–H groups in total. The smallest absolute Gasteiger partial charge is 0.389 e. The number of rotatable bonds is 10. The number of nitrogens with one attached hydrogen (secondary N) is 1. The molecule has 0 radical (unpaired) electrons. The fraction of sp³-hybridized carbons (Fsp3) is 0.708. The van der Waals surface area contributed by atoms with E-state index in [0.717, 1.165) is 30.2 Å². The van der Waals surface area contributed by atoms with E-state index >= 15 is 4.39 Å². The Morgan fingerprint density at radius 2 is 1.87 bits per heavy atom. The van der Waals surface area contributed by atoms with Crippen LogP contribution in [0.15, 0.2) is 18.6 Å². The third-order valence-electron chi connectivity index (χ3n) is 6.84. The van der Waals surface area contributed by atoms with Crippen molar-refractivity contribution in [2.24, 2.45) is 0 Å². The Morgan fingerprint density at radius 1 is 1.15 bits per heavy atom. The first-order valence-corrected chi connectivity index (χ1v) is 14.6. The summed E-state index contributed by atoms with van der Waals surface area (Å²) in [6.45, 7) is 5.51. The Morgan fingerprint density at radius 3 is 2.51 bits per heavy atom. The summed E-state index contributed by atoms with van der Waals surface area (Å²) in [4.78, 5) is 10.0. The van der Waals surface area contributed by atoms with Gasteiger partial charge in [-0.25, -0.2) is 22.8 Å². The number of likely N-dealkylation sites (tertiary alicyclic amines) is 1. The summed E-state index contributed by atoms with van der Waals surface area (Å²) in [5.74, 6) is -0.260. The molecule has 2 aliphatic rings. The number of sulfonamides is 1. The number of anilines is 1. The lowest BCUT2D eigenvalue weighted by molar-refractivity contribution is -0.137. The maximum atomic E-state index is 15.1. The van der Waals surface area contributed by atoms with E-state index in [4.69, 9.17) is 0 Å². The Hall–Kier alpha value is -2.36. The van der Waals surface area contributed by atoms with Gasteiger partial charge in [-0.1, -0.05) is 0 Å². The van der Waals surface area contributed by atoms with Gasteiger partial charge in [0.1, 0.15) is 11.7 Å². The van der Waals surface area contributed by atoms with Gasteiger partial charge in [-0.05, 0) is 59.2 Å². The van der Waals surface area contributed by atoms with Crippen LogP contribution in [0.5, 0.6) is 0 Å². The Bertz CT molecular complexity index is 1230. The molecule has 0 aliphatic carbocycles. The predicted octanol–water partition coefficient (Wildman–Crippen LogP) is 2.77. The second-order valence-electron chi connectivity index (χ2n) is 10.8. The highest BCUT2D eigenvalue weighted by atomic mass is 32.2. The van der Waals surface area contributed by atoms with Gasteiger partial charge in [0.05, 0.1) is 35.8 Å². The van der Waals surface area contributed by atoms with Crippen LogP contribution in [-0.4, -0.2) is 98.8 Å². The van der Waals surface area contributed by atoms with E-state index in [9.17, 15) is 26.7 Å². The highest BCUT2D eigenvalue weighted by Crippen LogP contribution is 2.36. The summed E-state index contributed by atoms with van der Waals surface area (Å²) in [5.41, 5.74) is -2.59. The summed E-state index contributed by atoms with van der Waals surface area (Å²) >= 11 is 0. The molecule has 0 spiro atoms. The molecule has 4 heterocycles. The van der Waals surface area contributed by atoms with Crippen molar-refractivity contribution in [3.63, 3.8) is 0 Å². The van der Waals surface area contributed by atoms with E-state index in [1.165, 1.54) is 17.1 Å². The molecule has 0 aromatic carbocycles. The van der Waals surface area contributed by atoms with E-state index in [2.05, 4.69) is 25.3 Å². The van der Waals surface area contributed by atoms with E-state index in [-0.39, 0.29) is 43.3 Å². The number of hydrogen-bond acceptors (Lipinski definition) is 8. The first kappa shape index (κ1) is 29.6. The molecule has 0 unspecified atom stereocenters. The lowest BCUT2D eigenvalue weighted by Gasteiger charge is -2.34. The molecule has 2 aromatic heterocycles. The molecule has 2 saturated heterocycles. The van der Waals surface area contributed by atoms with Gasteiger partial charge in [-0.2, -0.15) is 22.6 Å². The lowest BCUT2D eigenvalue weighted by Crippen LogP contribution is -2.50. The van der Waals surface area contributed by atoms with Gasteiger partial charge >= 0.3 is 6.18 Å². The average molecular weight is 578 g/mol.